The van der Waals surface area contributed by atoms with Crippen LogP contribution in [-0.2, 0) is 4.74 Å². The van der Waals surface area contributed by atoms with Crippen molar-refractivity contribution < 1.29 is 4.74 Å². The third-order valence-electron chi connectivity index (χ3n) is 4.72. The zero-order valence-corrected chi connectivity index (χ0v) is 14.2. The highest BCUT2D eigenvalue weighted by molar-refractivity contribution is 7.99. The van der Waals surface area contributed by atoms with E-state index in [9.17, 15) is 0 Å². The predicted octanol–water partition coefficient (Wildman–Crippen LogP) is 4.29. The van der Waals surface area contributed by atoms with Gasteiger partial charge < -0.3 is 10.1 Å². The van der Waals surface area contributed by atoms with E-state index in [2.05, 4.69) is 24.4 Å². The molecule has 3 atom stereocenters. The Bertz CT molecular complexity index is 458. The first kappa shape index (κ1) is 15.7. The molecule has 0 radical (unpaired) electrons. The topological polar surface area (TPSA) is 21.3 Å². The minimum Gasteiger partial charge on any atom is -0.374 e. The average Bonchev–Trinajstić information content (AvgIpc) is 2.94. The summed E-state index contributed by atoms with van der Waals surface area (Å²) >= 11 is 8.08. The smallest absolute Gasteiger partial charge is 0.0783 e. The van der Waals surface area contributed by atoms with E-state index in [4.69, 9.17) is 16.3 Å². The van der Waals surface area contributed by atoms with E-state index < -0.39 is 0 Å². The Morgan fingerprint density at radius 2 is 2.24 bits per heavy atom. The molecule has 2 aliphatic heterocycles. The lowest BCUT2D eigenvalue weighted by atomic mass is 9.79. The number of ether oxygens (including phenoxy) is 1. The highest BCUT2D eigenvalue weighted by atomic mass is 35.5. The molecule has 2 aliphatic rings. The molecule has 0 amide bonds. The molecule has 2 nitrogen and oxygen atoms in total. The Kier molecular flexibility index (Phi) is 5.15. The number of thioether (sulfide) groups is 1. The Hall–Kier alpha value is -0.220. The molecular weight excluding hydrogens is 302 g/mol. The van der Waals surface area contributed by atoms with Crippen LogP contribution in [0.25, 0.3) is 0 Å². The van der Waals surface area contributed by atoms with Gasteiger partial charge in [0.25, 0.3) is 0 Å². The fourth-order valence-electron chi connectivity index (χ4n) is 3.66. The normalized spacial score (nSPS) is 30.7. The number of benzene rings is 1. The molecule has 2 heterocycles. The van der Waals surface area contributed by atoms with Gasteiger partial charge in [-0.25, -0.2) is 0 Å². The summed E-state index contributed by atoms with van der Waals surface area (Å²) in [6, 6.07) is 8.75. The van der Waals surface area contributed by atoms with Crippen molar-refractivity contribution in [3.05, 3.63) is 34.9 Å². The van der Waals surface area contributed by atoms with E-state index in [-0.39, 0.29) is 5.60 Å². The van der Waals surface area contributed by atoms with Gasteiger partial charge in [0, 0.05) is 23.4 Å². The van der Waals surface area contributed by atoms with Gasteiger partial charge in [0.2, 0.25) is 0 Å². The zero-order valence-electron chi connectivity index (χ0n) is 12.6. The highest BCUT2D eigenvalue weighted by Crippen LogP contribution is 2.44. The Balaban J connectivity index is 1.78. The molecule has 116 valence electrons. The van der Waals surface area contributed by atoms with Crippen molar-refractivity contribution >= 4 is 23.4 Å². The maximum atomic E-state index is 6.17. The van der Waals surface area contributed by atoms with E-state index in [1.165, 1.54) is 29.9 Å². The molecular formula is C17H24ClNOS. The minimum atomic E-state index is 0.147. The van der Waals surface area contributed by atoms with Crippen LogP contribution in [-0.4, -0.2) is 30.3 Å². The lowest BCUT2D eigenvalue weighted by Gasteiger charge is -2.41. The summed E-state index contributed by atoms with van der Waals surface area (Å²) in [7, 11) is 0. The van der Waals surface area contributed by atoms with E-state index in [1.54, 1.807) is 0 Å². The van der Waals surface area contributed by atoms with E-state index in [1.807, 2.05) is 23.9 Å². The van der Waals surface area contributed by atoms with Crippen LogP contribution in [0.5, 0.6) is 0 Å². The monoisotopic (exact) mass is 325 g/mol. The molecule has 0 bridgehead atoms. The molecule has 2 saturated heterocycles. The molecule has 3 unspecified atom stereocenters. The molecule has 3 rings (SSSR count). The number of hydrogen-bond donors (Lipinski definition) is 1. The van der Waals surface area contributed by atoms with Gasteiger partial charge in [0.1, 0.15) is 0 Å². The van der Waals surface area contributed by atoms with Crippen molar-refractivity contribution in [1.29, 1.82) is 0 Å². The molecule has 0 saturated carbocycles. The van der Waals surface area contributed by atoms with Crippen molar-refractivity contribution in [2.75, 3.05) is 24.7 Å². The summed E-state index contributed by atoms with van der Waals surface area (Å²) in [6.07, 6.45) is 3.54. The summed E-state index contributed by atoms with van der Waals surface area (Å²) in [5.41, 5.74) is 1.50. The van der Waals surface area contributed by atoms with Crippen molar-refractivity contribution in [2.45, 2.75) is 37.8 Å². The van der Waals surface area contributed by atoms with Crippen molar-refractivity contribution in [3.8, 4) is 0 Å². The average molecular weight is 326 g/mol. The maximum Gasteiger partial charge on any atom is 0.0783 e. The largest absolute Gasteiger partial charge is 0.374 e. The summed E-state index contributed by atoms with van der Waals surface area (Å²) < 4.78 is 6.17. The molecule has 1 N–H and O–H groups in total. The van der Waals surface area contributed by atoms with Crippen molar-refractivity contribution in [1.82, 2.24) is 5.32 Å². The predicted molar refractivity (Wildman–Crippen MR) is 91.2 cm³/mol. The third kappa shape index (κ3) is 3.58. The molecule has 0 aromatic heterocycles. The van der Waals surface area contributed by atoms with E-state index >= 15 is 0 Å². The minimum absolute atomic E-state index is 0.147. The molecule has 2 fully saturated rings. The van der Waals surface area contributed by atoms with Crippen LogP contribution in [0.1, 0.15) is 37.8 Å². The first-order chi connectivity index (χ1) is 10.2. The highest BCUT2D eigenvalue weighted by Gasteiger charge is 2.42. The van der Waals surface area contributed by atoms with Gasteiger partial charge in [-0.3, -0.25) is 0 Å². The van der Waals surface area contributed by atoms with Crippen LogP contribution < -0.4 is 5.32 Å². The number of nitrogens with one attached hydrogen (secondary N) is 1. The first-order valence-electron chi connectivity index (χ1n) is 7.93. The van der Waals surface area contributed by atoms with Gasteiger partial charge in [-0.1, -0.05) is 30.7 Å². The van der Waals surface area contributed by atoms with Gasteiger partial charge in [0.05, 0.1) is 5.60 Å². The first-order valence-corrected chi connectivity index (χ1v) is 9.46. The van der Waals surface area contributed by atoms with E-state index in [0.717, 1.165) is 24.6 Å². The Morgan fingerprint density at radius 3 is 2.90 bits per heavy atom. The molecule has 21 heavy (non-hydrogen) atoms. The maximum absolute atomic E-state index is 6.17. The van der Waals surface area contributed by atoms with Gasteiger partial charge >= 0.3 is 0 Å². The molecule has 1 aromatic rings. The van der Waals surface area contributed by atoms with Gasteiger partial charge in [-0.15, -0.1) is 0 Å². The molecule has 1 aromatic carbocycles. The Labute approximate surface area is 137 Å². The Morgan fingerprint density at radius 1 is 1.43 bits per heavy atom. The fourth-order valence-corrected chi connectivity index (χ4v) is 5.16. The molecule has 1 spiro atoms. The second kappa shape index (κ2) is 6.91. The third-order valence-corrected chi connectivity index (χ3v) is 6.20. The zero-order chi connectivity index (χ0) is 14.7. The standard InChI is InChI=1S/C17H24ClNOS/c1-2-19-16(13-3-5-15(18)6-4-13)14-7-9-20-17(11-14)8-10-21-12-17/h3-6,14,16,19H,2,7-12H2,1H3. The summed E-state index contributed by atoms with van der Waals surface area (Å²) in [6.45, 7) is 4.08. The second-order valence-electron chi connectivity index (χ2n) is 6.17. The van der Waals surface area contributed by atoms with Crippen molar-refractivity contribution in [2.24, 2.45) is 5.92 Å². The quantitative estimate of drug-likeness (QED) is 0.892. The summed E-state index contributed by atoms with van der Waals surface area (Å²) in [5.74, 6) is 3.07. The van der Waals surface area contributed by atoms with Crippen LogP contribution in [0.3, 0.4) is 0 Å². The fraction of sp³-hybridized carbons (Fsp3) is 0.647. The van der Waals surface area contributed by atoms with Crippen LogP contribution in [0, 0.1) is 5.92 Å². The lowest BCUT2D eigenvalue weighted by molar-refractivity contribution is -0.0853. The van der Waals surface area contributed by atoms with Gasteiger partial charge in [0.15, 0.2) is 0 Å². The number of halogens is 1. The molecule has 0 aliphatic carbocycles. The SMILES string of the molecule is CCNC(c1ccc(Cl)cc1)C1CCOC2(CCSC2)C1. The van der Waals surface area contributed by atoms with Crippen LogP contribution in [0.2, 0.25) is 5.02 Å². The molecule has 4 heteroatoms. The lowest BCUT2D eigenvalue weighted by Crippen LogP contribution is -2.43. The summed E-state index contributed by atoms with van der Waals surface area (Å²) in [5, 5.41) is 4.50. The van der Waals surface area contributed by atoms with Crippen LogP contribution >= 0.6 is 23.4 Å². The van der Waals surface area contributed by atoms with Crippen LogP contribution in [0.4, 0.5) is 0 Å². The van der Waals surface area contributed by atoms with E-state index in [0.29, 0.717) is 12.0 Å². The number of rotatable bonds is 4. The number of hydrogen-bond acceptors (Lipinski definition) is 3. The van der Waals surface area contributed by atoms with Gasteiger partial charge in [-0.2, -0.15) is 11.8 Å². The van der Waals surface area contributed by atoms with Crippen LogP contribution in [0.15, 0.2) is 24.3 Å². The summed E-state index contributed by atoms with van der Waals surface area (Å²) in [4.78, 5) is 0. The van der Waals surface area contributed by atoms with Crippen molar-refractivity contribution in [3.63, 3.8) is 0 Å². The second-order valence-corrected chi connectivity index (χ2v) is 7.72. The van der Waals surface area contributed by atoms with Gasteiger partial charge in [-0.05, 0) is 55.2 Å².